The number of aryl methyl sites for hydroxylation is 1. The van der Waals surface area contributed by atoms with E-state index in [1.807, 2.05) is 32.0 Å². The van der Waals surface area contributed by atoms with E-state index >= 15 is 0 Å². The number of rotatable bonds is 8. The molecule has 2 N–H and O–H groups in total. The summed E-state index contributed by atoms with van der Waals surface area (Å²) < 4.78 is 5.47. The maximum absolute atomic E-state index is 10.3. The molecule has 0 unspecified atom stereocenters. The van der Waals surface area contributed by atoms with Crippen LogP contribution in [0.5, 0.6) is 5.75 Å². The van der Waals surface area contributed by atoms with Crippen molar-refractivity contribution in [3.63, 3.8) is 0 Å². The highest BCUT2D eigenvalue weighted by molar-refractivity contribution is 5.66. The number of carbonyl (C=O) groups is 1. The highest BCUT2D eigenvalue weighted by Crippen LogP contribution is 2.21. The highest BCUT2D eigenvalue weighted by Gasteiger charge is 2.00. The van der Waals surface area contributed by atoms with E-state index in [0.29, 0.717) is 13.0 Å². The average Bonchev–Trinajstić information content (AvgIpc) is 2.32. The zero-order valence-corrected chi connectivity index (χ0v) is 11.0. The maximum atomic E-state index is 10.3. The second kappa shape index (κ2) is 7.58. The van der Waals surface area contributed by atoms with Gasteiger partial charge in [-0.2, -0.15) is 0 Å². The minimum absolute atomic E-state index is 0.240. The molecule has 4 nitrogen and oxygen atoms in total. The fourth-order valence-electron chi connectivity index (χ4n) is 1.71. The first-order chi connectivity index (χ1) is 8.63. The van der Waals surface area contributed by atoms with E-state index in [-0.39, 0.29) is 6.42 Å². The molecule has 18 heavy (non-hydrogen) atoms. The summed E-state index contributed by atoms with van der Waals surface area (Å²) in [7, 11) is 0. The molecule has 0 atom stereocenters. The number of ether oxygens (including phenoxy) is 1. The van der Waals surface area contributed by atoms with Gasteiger partial charge in [0.15, 0.2) is 0 Å². The van der Waals surface area contributed by atoms with Gasteiger partial charge in [0, 0.05) is 18.7 Å². The standard InChI is InChI=1S/C14H21NO3/c1-3-18-13-8-7-12(10-11(13)2)15-9-5-4-6-14(16)17/h7-8,10,15H,3-6,9H2,1-2H3,(H,16,17). The molecule has 0 radical (unpaired) electrons. The Balaban J connectivity index is 2.34. The Labute approximate surface area is 108 Å². The molecule has 100 valence electrons. The quantitative estimate of drug-likeness (QED) is 0.697. The van der Waals surface area contributed by atoms with Gasteiger partial charge in [-0.05, 0) is 50.5 Å². The molecule has 0 aromatic heterocycles. The van der Waals surface area contributed by atoms with E-state index in [1.54, 1.807) is 0 Å². The lowest BCUT2D eigenvalue weighted by Crippen LogP contribution is -2.03. The topological polar surface area (TPSA) is 58.6 Å². The van der Waals surface area contributed by atoms with Crippen molar-refractivity contribution in [2.75, 3.05) is 18.5 Å². The van der Waals surface area contributed by atoms with Crippen LogP contribution in [0.4, 0.5) is 5.69 Å². The van der Waals surface area contributed by atoms with Crippen molar-refractivity contribution in [1.29, 1.82) is 0 Å². The third-order valence-electron chi connectivity index (χ3n) is 2.62. The van der Waals surface area contributed by atoms with Crippen molar-refractivity contribution in [3.8, 4) is 5.75 Å². The summed E-state index contributed by atoms with van der Waals surface area (Å²) in [4.78, 5) is 10.3. The molecule has 0 aliphatic rings. The molecule has 0 aliphatic heterocycles. The minimum atomic E-state index is -0.730. The van der Waals surface area contributed by atoms with Crippen molar-refractivity contribution in [2.24, 2.45) is 0 Å². The lowest BCUT2D eigenvalue weighted by Gasteiger charge is -2.10. The van der Waals surface area contributed by atoms with Gasteiger partial charge in [0.05, 0.1) is 6.61 Å². The Hall–Kier alpha value is -1.71. The molecule has 0 amide bonds. The fraction of sp³-hybridized carbons (Fsp3) is 0.500. The smallest absolute Gasteiger partial charge is 0.303 e. The number of carboxylic acids is 1. The summed E-state index contributed by atoms with van der Waals surface area (Å²) in [5, 5.41) is 11.8. The number of hydrogen-bond acceptors (Lipinski definition) is 3. The van der Waals surface area contributed by atoms with Crippen molar-refractivity contribution in [3.05, 3.63) is 23.8 Å². The van der Waals surface area contributed by atoms with Crippen molar-refractivity contribution >= 4 is 11.7 Å². The molecule has 0 saturated heterocycles. The normalized spacial score (nSPS) is 10.1. The highest BCUT2D eigenvalue weighted by atomic mass is 16.5. The molecular weight excluding hydrogens is 230 g/mol. The lowest BCUT2D eigenvalue weighted by molar-refractivity contribution is -0.137. The van der Waals surface area contributed by atoms with Gasteiger partial charge in [-0.25, -0.2) is 0 Å². The van der Waals surface area contributed by atoms with E-state index in [4.69, 9.17) is 9.84 Å². The summed E-state index contributed by atoms with van der Waals surface area (Å²) in [5.41, 5.74) is 2.15. The minimum Gasteiger partial charge on any atom is -0.494 e. The Bertz CT molecular complexity index is 391. The first-order valence-corrected chi connectivity index (χ1v) is 6.32. The summed E-state index contributed by atoms with van der Waals surface area (Å²) in [6.07, 6.45) is 1.81. The molecule has 1 aromatic rings. The van der Waals surface area contributed by atoms with Crippen LogP contribution in [-0.2, 0) is 4.79 Å². The number of nitrogens with one attached hydrogen (secondary N) is 1. The molecule has 4 heteroatoms. The third-order valence-corrected chi connectivity index (χ3v) is 2.62. The second-order valence-electron chi connectivity index (χ2n) is 4.19. The molecule has 0 spiro atoms. The summed E-state index contributed by atoms with van der Waals surface area (Å²) in [6, 6.07) is 5.98. The third kappa shape index (κ3) is 5.08. The van der Waals surface area contributed by atoms with E-state index < -0.39 is 5.97 Å². The van der Waals surface area contributed by atoms with Crippen LogP contribution < -0.4 is 10.1 Å². The van der Waals surface area contributed by atoms with Crippen LogP contribution in [0.15, 0.2) is 18.2 Å². The Morgan fingerprint density at radius 3 is 2.78 bits per heavy atom. The number of unbranched alkanes of at least 4 members (excludes halogenated alkanes) is 1. The predicted octanol–water partition coefficient (Wildman–Crippen LogP) is 3.06. The van der Waals surface area contributed by atoms with Crippen LogP contribution in [0.1, 0.15) is 31.7 Å². The zero-order chi connectivity index (χ0) is 13.4. The van der Waals surface area contributed by atoms with Crippen molar-refractivity contribution < 1.29 is 14.6 Å². The van der Waals surface area contributed by atoms with Gasteiger partial charge in [0.2, 0.25) is 0 Å². The number of benzene rings is 1. The molecule has 1 rings (SSSR count). The molecule has 0 aliphatic carbocycles. The summed E-state index contributed by atoms with van der Waals surface area (Å²) in [5.74, 6) is 0.181. The van der Waals surface area contributed by atoms with E-state index in [0.717, 1.165) is 30.0 Å². The van der Waals surface area contributed by atoms with Crippen LogP contribution in [0.3, 0.4) is 0 Å². The first-order valence-electron chi connectivity index (χ1n) is 6.32. The van der Waals surface area contributed by atoms with Gasteiger partial charge in [-0.3, -0.25) is 4.79 Å². The van der Waals surface area contributed by atoms with E-state index in [1.165, 1.54) is 0 Å². The van der Waals surface area contributed by atoms with Gasteiger partial charge in [-0.15, -0.1) is 0 Å². The van der Waals surface area contributed by atoms with Crippen LogP contribution in [0, 0.1) is 6.92 Å². The SMILES string of the molecule is CCOc1ccc(NCCCCC(=O)O)cc1C. The lowest BCUT2D eigenvalue weighted by atomic mass is 10.2. The van der Waals surface area contributed by atoms with Gasteiger partial charge in [0.1, 0.15) is 5.75 Å². The Kier molecular flexibility index (Phi) is 6.05. The zero-order valence-electron chi connectivity index (χ0n) is 11.0. The van der Waals surface area contributed by atoms with Gasteiger partial charge in [0.25, 0.3) is 0 Å². The monoisotopic (exact) mass is 251 g/mol. The van der Waals surface area contributed by atoms with Gasteiger partial charge in [-0.1, -0.05) is 0 Å². The maximum Gasteiger partial charge on any atom is 0.303 e. The molecule has 0 saturated carbocycles. The van der Waals surface area contributed by atoms with E-state index in [2.05, 4.69) is 5.32 Å². The first kappa shape index (κ1) is 14.4. The van der Waals surface area contributed by atoms with Crippen molar-refractivity contribution in [2.45, 2.75) is 33.1 Å². The van der Waals surface area contributed by atoms with Gasteiger partial charge >= 0.3 is 5.97 Å². The number of aliphatic carboxylic acids is 1. The van der Waals surface area contributed by atoms with Crippen LogP contribution in [-0.4, -0.2) is 24.2 Å². The van der Waals surface area contributed by atoms with Gasteiger partial charge < -0.3 is 15.2 Å². The number of anilines is 1. The fourth-order valence-corrected chi connectivity index (χ4v) is 1.71. The molecule has 1 aromatic carbocycles. The Morgan fingerprint density at radius 1 is 1.39 bits per heavy atom. The van der Waals surface area contributed by atoms with Crippen molar-refractivity contribution in [1.82, 2.24) is 0 Å². The average molecular weight is 251 g/mol. The largest absolute Gasteiger partial charge is 0.494 e. The molecule has 0 heterocycles. The van der Waals surface area contributed by atoms with Crippen LogP contribution in [0.2, 0.25) is 0 Å². The molecule has 0 fully saturated rings. The van der Waals surface area contributed by atoms with E-state index in [9.17, 15) is 4.79 Å². The predicted molar refractivity (Wildman–Crippen MR) is 72.3 cm³/mol. The molecule has 0 bridgehead atoms. The van der Waals surface area contributed by atoms with Crippen LogP contribution in [0.25, 0.3) is 0 Å². The Morgan fingerprint density at radius 2 is 2.17 bits per heavy atom. The summed E-state index contributed by atoms with van der Waals surface area (Å²) in [6.45, 7) is 5.44. The number of hydrogen-bond donors (Lipinski definition) is 2. The number of carboxylic acid groups (broad SMARTS) is 1. The second-order valence-corrected chi connectivity index (χ2v) is 4.19. The summed E-state index contributed by atoms with van der Waals surface area (Å²) >= 11 is 0. The molecular formula is C14H21NO3. The van der Waals surface area contributed by atoms with Crippen LogP contribution >= 0.6 is 0 Å².